The van der Waals surface area contributed by atoms with Crippen molar-refractivity contribution >= 4 is 22.0 Å². The highest BCUT2D eigenvalue weighted by atomic mass is 19.4. The van der Waals surface area contributed by atoms with Gasteiger partial charge in [-0.15, -0.1) is 0 Å². The van der Waals surface area contributed by atoms with Gasteiger partial charge in [0.15, 0.2) is 16.6 Å². The third kappa shape index (κ3) is 2.64. The average Bonchev–Trinajstić information content (AvgIpc) is 2.97. The van der Waals surface area contributed by atoms with Crippen LogP contribution >= 0.6 is 0 Å². The van der Waals surface area contributed by atoms with Crippen LogP contribution < -0.4 is 10.00 Å². The minimum atomic E-state index is -4.90. The number of rotatable bonds is 2. The zero-order chi connectivity index (χ0) is 20.2. The standard InChI is InChI=1S/C20H15F3N2O3/c1-3-10-8-11-15(9-14(10)26)28-18(20(21,22)23)16(17(11)27)19-24-12-6-4-5-7-13(12)25(19)2/h4-9H,3H2,1-2H3,(H,26,27)/p+1. The number of halogens is 3. The van der Waals surface area contributed by atoms with Crippen LogP contribution in [-0.2, 0) is 19.6 Å². The topological polar surface area (TPSA) is 70.1 Å². The number of phenolic OH excluding ortho intramolecular Hbond substituents is 1. The summed E-state index contributed by atoms with van der Waals surface area (Å²) in [5.74, 6) is -1.62. The van der Waals surface area contributed by atoms with Gasteiger partial charge in [-0.05, 0) is 30.2 Å². The maximum Gasteiger partial charge on any atom is 0.450 e. The zero-order valence-corrected chi connectivity index (χ0v) is 15.0. The number of imidazole rings is 1. The molecular formula is C20H16F3N2O3+. The molecule has 0 aliphatic heterocycles. The third-order valence-corrected chi connectivity index (χ3v) is 4.82. The van der Waals surface area contributed by atoms with Crippen LogP contribution in [-0.4, -0.2) is 10.1 Å². The number of nitrogens with zero attached hydrogens (tertiary/aromatic N) is 1. The smallest absolute Gasteiger partial charge is 0.450 e. The molecule has 144 valence electrons. The molecule has 0 saturated heterocycles. The van der Waals surface area contributed by atoms with Crippen molar-refractivity contribution in [1.82, 2.24) is 4.98 Å². The van der Waals surface area contributed by atoms with E-state index in [-0.39, 0.29) is 22.5 Å². The van der Waals surface area contributed by atoms with Gasteiger partial charge < -0.3 is 9.52 Å². The maximum atomic E-state index is 13.8. The Hall–Kier alpha value is -3.29. The second-order valence-corrected chi connectivity index (χ2v) is 6.51. The van der Waals surface area contributed by atoms with Crippen LogP contribution in [0.25, 0.3) is 33.4 Å². The third-order valence-electron chi connectivity index (χ3n) is 4.82. The van der Waals surface area contributed by atoms with Crippen LogP contribution in [0.15, 0.2) is 45.6 Å². The van der Waals surface area contributed by atoms with E-state index in [1.807, 2.05) is 0 Å². The Labute approximate surface area is 156 Å². The molecule has 0 amide bonds. The lowest BCUT2D eigenvalue weighted by molar-refractivity contribution is -0.633. The number of hydrogen-bond acceptors (Lipinski definition) is 3. The van der Waals surface area contributed by atoms with E-state index >= 15 is 0 Å². The highest BCUT2D eigenvalue weighted by Gasteiger charge is 2.42. The van der Waals surface area contributed by atoms with E-state index < -0.39 is 22.9 Å². The first kappa shape index (κ1) is 18.1. The molecular weight excluding hydrogens is 373 g/mol. The Morgan fingerprint density at radius 2 is 1.93 bits per heavy atom. The number of nitrogens with one attached hydrogen (secondary N) is 1. The fourth-order valence-electron chi connectivity index (χ4n) is 3.41. The van der Waals surface area contributed by atoms with Crippen molar-refractivity contribution in [3.63, 3.8) is 0 Å². The number of phenols is 1. The number of alkyl halides is 3. The monoisotopic (exact) mass is 389 g/mol. The molecule has 2 heterocycles. The molecule has 4 rings (SSSR count). The van der Waals surface area contributed by atoms with Gasteiger partial charge in [0.1, 0.15) is 11.3 Å². The highest BCUT2D eigenvalue weighted by Crippen LogP contribution is 2.37. The van der Waals surface area contributed by atoms with Gasteiger partial charge in [-0.2, -0.15) is 13.2 Å². The van der Waals surface area contributed by atoms with Gasteiger partial charge in [-0.25, -0.2) is 9.55 Å². The van der Waals surface area contributed by atoms with Crippen LogP contribution in [0.3, 0.4) is 0 Å². The number of aromatic hydroxyl groups is 1. The second-order valence-electron chi connectivity index (χ2n) is 6.51. The fourth-order valence-corrected chi connectivity index (χ4v) is 3.41. The fraction of sp³-hybridized carbons (Fsp3) is 0.200. The molecule has 0 aliphatic rings. The van der Waals surface area contributed by atoms with Crippen LogP contribution in [0.2, 0.25) is 0 Å². The Balaban J connectivity index is 2.16. The van der Waals surface area contributed by atoms with Crippen molar-refractivity contribution in [1.29, 1.82) is 0 Å². The SMILES string of the molecule is CCc1cc2c(=O)c(-c3[nH]c4ccccc4[n+]3C)c(C(F)(F)F)oc2cc1O. The summed E-state index contributed by atoms with van der Waals surface area (Å²) in [7, 11) is 1.58. The molecule has 5 nitrogen and oxygen atoms in total. The number of aromatic amines is 1. The Kier molecular flexibility index (Phi) is 3.95. The molecule has 0 radical (unpaired) electrons. The van der Waals surface area contributed by atoms with E-state index in [2.05, 4.69) is 4.98 Å². The Morgan fingerprint density at radius 1 is 1.21 bits per heavy atom. The van der Waals surface area contributed by atoms with Crippen LogP contribution in [0, 0.1) is 0 Å². The molecule has 28 heavy (non-hydrogen) atoms. The molecule has 0 aliphatic carbocycles. The van der Waals surface area contributed by atoms with Gasteiger partial charge in [0.2, 0.25) is 11.2 Å². The number of aromatic nitrogens is 2. The first-order chi connectivity index (χ1) is 13.2. The van der Waals surface area contributed by atoms with Gasteiger partial charge in [0, 0.05) is 6.07 Å². The van der Waals surface area contributed by atoms with Gasteiger partial charge in [-0.1, -0.05) is 19.1 Å². The van der Waals surface area contributed by atoms with E-state index in [1.54, 1.807) is 38.2 Å². The van der Waals surface area contributed by atoms with Gasteiger partial charge in [0.25, 0.3) is 5.82 Å². The van der Waals surface area contributed by atoms with E-state index in [0.717, 1.165) is 6.07 Å². The van der Waals surface area contributed by atoms with Crippen molar-refractivity contribution in [3.8, 4) is 17.1 Å². The maximum absolute atomic E-state index is 13.8. The molecule has 2 aromatic carbocycles. The molecule has 2 N–H and O–H groups in total. The van der Waals surface area contributed by atoms with Gasteiger partial charge in [-0.3, -0.25) is 4.79 Å². The Morgan fingerprint density at radius 3 is 2.57 bits per heavy atom. The lowest BCUT2D eigenvalue weighted by atomic mass is 10.0. The average molecular weight is 389 g/mol. The van der Waals surface area contributed by atoms with Crippen molar-refractivity contribution in [2.75, 3.05) is 0 Å². The lowest BCUT2D eigenvalue weighted by Gasteiger charge is -2.11. The lowest BCUT2D eigenvalue weighted by Crippen LogP contribution is -2.32. The van der Waals surface area contributed by atoms with Crippen molar-refractivity contribution < 1.29 is 27.3 Å². The quantitative estimate of drug-likeness (QED) is 0.508. The minimum Gasteiger partial charge on any atom is -0.508 e. The number of fused-ring (bicyclic) bond motifs is 2. The summed E-state index contributed by atoms with van der Waals surface area (Å²) in [4.78, 5) is 16.0. The normalized spacial score (nSPS) is 12.2. The number of aryl methyl sites for hydroxylation is 2. The van der Waals surface area contributed by atoms with E-state index in [0.29, 0.717) is 23.0 Å². The summed E-state index contributed by atoms with van der Waals surface area (Å²) in [6.07, 6.45) is -4.48. The molecule has 4 aromatic rings. The van der Waals surface area contributed by atoms with E-state index in [9.17, 15) is 23.1 Å². The summed E-state index contributed by atoms with van der Waals surface area (Å²) in [5.41, 5.74) is -0.0319. The minimum absolute atomic E-state index is 0.00435. The molecule has 0 unspecified atom stereocenters. The molecule has 0 saturated carbocycles. The van der Waals surface area contributed by atoms with Gasteiger partial charge in [0.05, 0.1) is 12.4 Å². The van der Waals surface area contributed by atoms with Crippen molar-refractivity contribution in [3.05, 3.63) is 57.9 Å². The summed E-state index contributed by atoms with van der Waals surface area (Å²) < 4.78 is 47.9. The molecule has 0 atom stereocenters. The summed E-state index contributed by atoms with van der Waals surface area (Å²) >= 11 is 0. The number of hydrogen-bond donors (Lipinski definition) is 2. The number of H-pyrrole nitrogens is 1. The molecule has 8 heteroatoms. The molecule has 0 bridgehead atoms. The van der Waals surface area contributed by atoms with Crippen molar-refractivity contribution in [2.24, 2.45) is 7.05 Å². The zero-order valence-electron chi connectivity index (χ0n) is 15.0. The largest absolute Gasteiger partial charge is 0.508 e. The molecule has 0 spiro atoms. The number of benzene rings is 2. The summed E-state index contributed by atoms with van der Waals surface area (Å²) in [5, 5.41) is 9.95. The van der Waals surface area contributed by atoms with Crippen molar-refractivity contribution in [2.45, 2.75) is 19.5 Å². The second kappa shape index (κ2) is 6.12. The summed E-state index contributed by atoms with van der Waals surface area (Å²) in [6, 6.07) is 9.37. The van der Waals surface area contributed by atoms with Crippen LogP contribution in [0.5, 0.6) is 5.75 Å². The summed E-state index contributed by atoms with van der Waals surface area (Å²) in [6.45, 7) is 1.77. The molecule has 2 aromatic heterocycles. The van der Waals surface area contributed by atoms with Crippen LogP contribution in [0.4, 0.5) is 13.2 Å². The predicted octanol–water partition coefficient (Wildman–Crippen LogP) is 4.05. The highest BCUT2D eigenvalue weighted by molar-refractivity contribution is 5.84. The van der Waals surface area contributed by atoms with E-state index in [4.69, 9.17) is 4.42 Å². The number of para-hydroxylation sites is 2. The first-order valence-corrected chi connectivity index (χ1v) is 8.59. The predicted molar refractivity (Wildman–Crippen MR) is 97.0 cm³/mol. The Bertz CT molecular complexity index is 1290. The van der Waals surface area contributed by atoms with E-state index in [1.165, 1.54) is 10.6 Å². The first-order valence-electron chi connectivity index (χ1n) is 8.59. The van der Waals surface area contributed by atoms with Gasteiger partial charge >= 0.3 is 6.18 Å². The molecule has 0 fully saturated rings. The van der Waals surface area contributed by atoms with Crippen LogP contribution in [0.1, 0.15) is 18.2 Å².